The number of ether oxygens (including phenoxy) is 1. The summed E-state index contributed by atoms with van der Waals surface area (Å²) in [6.07, 6.45) is 2.69. The number of hydrogen-bond donors (Lipinski definition) is 1. The summed E-state index contributed by atoms with van der Waals surface area (Å²) < 4.78 is 24.1. The lowest BCUT2D eigenvalue weighted by atomic mass is 9.98. The SMILES string of the molecule is Cc1noc(C)c1CCC(=O)N[C@@H](c1ccc(F)cc1)[C@H]1CCCO1. The minimum absolute atomic E-state index is 0.0650. The molecule has 6 heteroatoms. The second-order valence-corrected chi connectivity index (χ2v) is 6.45. The van der Waals surface area contributed by atoms with Crippen molar-refractivity contribution in [3.63, 3.8) is 0 Å². The molecule has 1 aliphatic heterocycles. The summed E-state index contributed by atoms with van der Waals surface area (Å²) in [6, 6.07) is 5.97. The Hall–Kier alpha value is -2.21. The van der Waals surface area contributed by atoms with Crippen LogP contribution in [-0.2, 0) is 16.0 Å². The fraction of sp³-hybridized carbons (Fsp3) is 0.474. The maximum Gasteiger partial charge on any atom is 0.220 e. The van der Waals surface area contributed by atoms with E-state index in [2.05, 4.69) is 10.5 Å². The third-order valence-electron chi connectivity index (χ3n) is 4.67. The van der Waals surface area contributed by atoms with Crippen LogP contribution in [0.25, 0.3) is 0 Å². The van der Waals surface area contributed by atoms with Gasteiger partial charge in [-0.2, -0.15) is 0 Å². The average molecular weight is 346 g/mol. The highest BCUT2D eigenvalue weighted by molar-refractivity contribution is 5.76. The van der Waals surface area contributed by atoms with E-state index in [4.69, 9.17) is 9.26 Å². The van der Waals surface area contributed by atoms with Gasteiger partial charge in [0.2, 0.25) is 5.91 Å². The van der Waals surface area contributed by atoms with Crippen molar-refractivity contribution in [3.05, 3.63) is 52.7 Å². The molecule has 1 aromatic heterocycles. The van der Waals surface area contributed by atoms with Gasteiger partial charge in [0.1, 0.15) is 11.6 Å². The fourth-order valence-electron chi connectivity index (χ4n) is 3.27. The highest BCUT2D eigenvalue weighted by Gasteiger charge is 2.28. The molecule has 1 aromatic carbocycles. The Kier molecular flexibility index (Phi) is 5.48. The molecule has 0 saturated carbocycles. The Morgan fingerprint density at radius 2 is 2.12 bits per heavy atom. The van der Waals surface area contributed by atoms with E-state index in [1.165, 1.54) is 12.1 Å². The van der Waals surface area contributed by atoms with Crippen LogP contribution in [0.3, 0.4) is 0 Å². The van der Waals surface area contributed by atoms with Crippen molar-refractivity contribution >= 4 is 5.91 Å². The largest absolute Gasteiger partial charge is 0.376 e. The standard InChI is InChI=1S/C19H23FN2O3/c1-12-16(13(2)25-22-12)9-10-18(23)21-19(17-4-3-11-24-17)14-5-7-15(20)8-6-14/h5-8,17,19H,3-4,9-11H2,1-2H3,(H,21,23)/t17-,19+/m1/s1. The van der Waals surface area contributed by atoms with Gasteiger partial charge >= 0.3 is 0 Å². The molecule has 1 fully saturated rings. The van der Waals surface area contributed by atoms with Gasteiger partial charge in [-0.15, -0.1) is 0 Å². The van der Waals surface area contributed by atoms with Crippen molar-refractivity contribution in [2.75, 3.05) is 6.61 Å². The van der Waals surface area contributed by atoms with Gasteiger partial charge in [-0.05, 0) is 50.8 Å². The van der Waals surface area contributed by atoms with Gasteiger partial charge in [-0.25, -0.2) is 4.39 Å². The van der Waals surface area contributed by atoms with Crippen molar-refractivity contribution in [2.24, 2.45) is 0 Å². The Morgan fingerprint density at radius 3 is 2.72 bits per heavy atom. The van der Waals surface area contributed by atoms with E-state index in [1.54, 1.807) is 12.1 Å². The quantitative estimate of drug-likeness (QED) is 0.871. The minimum atomic E-state index is -0.292. The van der Waals surface area contributed by atoms with Gasteiger partial charge in [-0.1, -0.05) is 17.3 Å². The number of amides is 1. The first kappa shape index (κ1) is 17.6. The lowest BCUT2D eigenvalue weighted by Crippen LogP contribution is -2.36. The number of carbonyl (C=O) groups excluding carboxylic acids is 1. The van der Waals surface area contributed by atoms with E-state index in [9.17, 15) is 9.18 Å². The number of carbonyl (C=O) groups is 1. The van der Waals surface area contributed by atoms with Crippen LogP contribution in [0.1, 0.15) is 47.9 Å². The summed E-state index contributed by atoms with van der Waals surface area (Å²) in [5, 5.41) is 6.97. The molecule has 25 heavy (non-hydrogen) atoms. The van der Waals surface area contributed by atoms with E-state index in [-0.39, 0.29) is 23.9 Å². The van der Waals surface area contributed by atoms with Crippen LogP contribution in [-0.4, -0.2) is 23.8 Å². The number of rotatable bonds is 6. The van der Waals surface area contributed by atoms with E-state index < -0.39 is 0 Å². The van der Waals surface area contributed by atoms with Gasteiger partial charge < -0.3 is 14.6 Å². The summed E-state index contributed by atoms with van der Waals surface area (Å²) in [5.74, 6) is 0.393. The molecule has 0 aliphatic carbocycles. The summed E-state index contributed by atoms with van der Waals surface area (Å²) in [4.78, 5) is 12.5. The molecule has 134 valence electrons. The Labute approximate surface area is 146 Å². The monoisotopic (exact) mass is 346 g/mol. The van der Waals surface area contributed by atoms with Gasteiger partial charge in [-0.3, -0.25) is 4.79 Å². The van der Waals surface area contributed by atoms with E-state index in [0.717, 1.165) is 35.4 Å². The predicted octanol–water partition coefficient (Wildman–Crippen LogP) is 3.40. The highest BCUT2D eigenvalue weighted by Crippen LogP contribution is 2.27. The number of halogens is 1. The summed E-state index contributed by atoms with van der Waals surface area (Å²) in [5.41, 5.74) is 2.66. The molecule has 0 spiro atoms. The molecule has 1 saturated heterocycles. The van der Waals surface area contributed by atoms with Crippen LogP contribution in [0.5, 0.6) is 0 Å². The van der Waals surface area contributed by atoms with Crippen LogP contribution in [0, 0.1) is 19.7 Å². The molecule has 0 unspecified atom stereocenters. The molecule has 1 N–H and O–H groups in total. The maximum atomic E-state index is 13.2. The van der Waals surface area contributed by atoms with Crippen LogP contribution in [0.2, 0.25) is 0 Å². The molecule has 1 aliphatic rings. The number of benzene rings is 1. The second-order valence-electron chi connectivity index (χ2n) is 6.45. The van der Waals surface area contributed by atoms with Crippen molar-refractivity contribution in [2.45, 2.75) is 51.7 Å². The van der Waals surface area contributed by atoms with Crippen molar-refractivity contribution in [1.29, 1.82) is 0 Å². The molecular weight excluding hydrogens is 323 g/mol. The zero-order chi connectivity index (χ0) is 17.8. The number of nitrogens with one attached hydrogen (secondary N) is 1. The highest BCUT2D eigenvalue weighted by atomic mass is 19.1. The third-order valence-corrected chi connectivity index (χ3v) is 4.67. The number of aromatic nitrogens is 1. The first-order valence-corrected chi connectivity index (χ1v) is 8.63. The second kappa shape index (κ2) is 7.78. The normalized spacial score (nSPS) is 18.3. The lowest BCUT2D eigenvalue weighted by Gasteiger charge is -2.25. The third kappa shape index (κ3) is 4.25. The molecular formula is C19H23FN2O3. The molecule has 2 aromatic rings. The average Bonchev–Trinajstić information content (AvgIpc) is 3.23. The molecule has 2 atom stereocenters. The van der Waals surface area contributed by atoms with Crippen molar-refractivity contribution in [1.82, 2.24) is 10.5 Å². The van der Waals surface area contributed by atoms with Crippen molar-refractivity contribution in [3.8, 4) is 0 Å². The van der Waals surface area contributed by atoms with Crippen LogP contribution < -0.4 is 5.32 Å². The Morgan fingerprint density at radius 1 is 1.36 bits per heavy atom. The topological polar surface area (TPSA) is 64.4 Å². The van der Waals surface area contributed by atoms with Crippen LogP contribution in [0.15, 0.2) is 28.8 Å². The number of aryl methyl sites for hydroxylation is 2. The molecule has 1 amide bonds. The van der Waals surface area contributed by atoms with Crippen molar-refractivity contribution < 1.29 is 18.4 Å². The molecule has 0 radical (unpaired) electrons. The molecule has 2 heterocycles. The fourth-order valence-corrected chi connectivity index (χ4v) is 3.27. The van der Waals surface area contributed by atoms with Crippen LogP contribution in [0.4, 0.5) is 4.39 Å². The molecule has 3 rings (SSSR count). The van der Waals surface area contributed by atoms with Gasteiger partial charge in [0, 0.05) is 18.6 Å². The van der Waals surface area contributed by atoms with Gasteiger partial charge in [0.15, 0.2) is 0 Å². The van der Waals surface area contributed by atoms with Crippen LogP contribution >= 0.6 is 0 Å². The summed E-state index contributed by atoms with van der Waals surface area (Å²) in [7, 11) is 0. The molecule has 0 bridgehead atoms. The molecule has 5 nitrogen and oxygen atoms in total. The first-order valence-electron chi connectivity index (χ1n) is 8.63. The minimum Gasteiger partial charge on any atom is -0.376 e. The smallest absolute Gasteiger partial charge is 0.220 e. The maximum absolute atomic E-state index is 13.2. The summed E-state index contributed by atoms with van der Waals surface area (Å²) >= 11 is 0. The predicted molar refractivity (Wildman–Crippen MR) is 90.6 cm³/mol. The lowest BCUT2D eigenvalue weighted by molar-refractivity contribution is -0.122. The Balaban J connectivity index is 1.67. The van der Waals surface area contributed by atoms with E-state index >= 15 is 0 Å². The van der Waals surface area contributed by atoms with E-state index in [0.29, 0.717) is 19.4 Å². The zero-order valence-corrected chi connectivity index (χ0v) is 14.5. The first-order chi connectivity index (χ1) is 12.0. The van der Waals surface area contributed by atoms with Gasteiger partial charge in [0.25, 0.3) is 0 Å². The van der Waals surface area contributed by atoms with E-state index in [1.807, 2.05) is 13.8 Å². The Bertz CT molecular complexity index is 701. The summed E-state index contributed by atoms with van der Waals surface area (Å²) in [6.45, 7) is 4.41. The van der Waals surface area contributed by atoms with Gasteiger partial charge in [0.05, 0.1) is 17.8 Å². The number of hydrogen-bond acceptors (Lipinski definition) is 4. The number of nitrogens with zero attached hydrogens (tertiary/aromatic N) is 1. The zero-order valence-electron chi connectivity index (χ0n) is 14.5.